The summed E-state index contributed by atoms with van der Waals surface area (Å²) in [6.07, 6.45) is -0.171. The monoisotopic (exact) mass is 1270 g/mol. The SMILES string of the molecule is [2H]C([2H])(c1cc2c3c(c1)N(c1cc(-c4ccccc4)c(CC(C)(C)C)cc1-c1ccccc1)c1cc(-n4c5ccccc5c5ccccc54)ccc1B3c1ccc(-n3c4ccccc4c4ccccc43)cc1N2c1cc(-c2ccccc2)c(CC(C)(C)C)cc1-c1ccccc1)C(C)(C)C. The molecule has 2 aliphatic heterocycles. The van der Waals surface area contributed by atoms with Crippen molar-refractivity contribution >= 4 is 101 Å². The van der Waals surface area contributed by atoms with Gasteiger partial charge < -0.3 is 18.9 Å². The predicted molar refractivity (Wildman–Crippen MR) is 420 cm³/mol. The van der Waals surface area contributed by atoms with Gasteiger partial charge in [0.1, 0.15) is 0 Å². The maximum atomic E-state index is 10.8. The second kappa shape index (κ2) is 23.5. The van der Waals surface area contributed by atoms with E-state index < -0.39 is 11.8 Å². The summed E-state index contributed by atoms with van der Waals surface area (Å²) in [5, 5.41) is 4.79. The molecule has 4 nitrogen and oxygen atoms in total. The standard InChI is InChI=1S/C93H81BN4/c1-91(2,3)58-61-50-88-90-89(51-61)98(85-57-75(63-32-16-11-17-33-63)67(60-93(7,8)9)53-77(85)65-36-20-13-21-37-65)87-55-69(96-82-44-28-24-40-72(82)73-41-25-29-45-83(73)96)47-49-79(87)94(90)78-48-46-68(95-80-42-26-22-38-70(80)71-39-23-27-43-81(71)95)54-86(78)97(88)84-56-74(62-30-14-10-15-31-62)66(59-92(4,5)6)52-76(84)64-34-18-12-19-35-64/h10-57H,58-60H2,1-9H3/i58D2. The Morgan fingerprint density at radius 3 is 0.939 bits per heavy atom. The summed E-state index contributed by atoms with van der Waals surface area (Å²) >= 11 is 0. The zero-order valence-corrected chi connectivity index (χ0v) is 57.5. The second-order valence-electron chi connectivity index (χ2n) is 30.6. The first-order valence-corrected chi connectivity index (χ1v) is 34.9. The number of para-hydroxylation sites is 4. The molecule has 0 atom stereocenters. The predicted octanol–water partition coefficient (Wildman–Crippen LogP) is 23.4. The lowest BCUT2D eigenvalue weighted by atomic mass is 9.33. The molecule has 5 heteroatoms. The molecule has 0 aliphatic carbocycles. The first-order valence-electron chi connectivity index (χ1n) is 35.9. The van der Waals surface area contributed by atoms with Gasteiger partial charge in [-0.05, 0) is 187 Å². The van der Waals surface area contributed by atoms with E-state index in [1.807, 2.05) is 0 Å². The van der Waals surface area contributed by atoms with E-state index in [-0.39, 0.29) is 17.5 Å². The topological polar surface area (TPSA) is 16.3 Å². The van der Waals surface area contributed by atoms with E-state index in [1.165, 1.54) is 43.8 Å². The van der Waals surface area contributed by atoms with Crippen molar-refractivity contribution in [3.8, 4) is 55.9 Å². The summed E-state index contributed by atoms with van der Waals surface area (Å²) in [4.78, 5) is 5.13. The lowest BCUT2D eigenvalue weighted by molar-refractivity contribution is 0.411. The van der Waals surface area contributed by atoms with Crippen molar-refractivity contribution in [1.29, 1.82) is 0 Å². The van der Waals surface area contributed by atoms with Gasteiger partial charge >= 0.3 is 0 Å². The molecule has 0 unspecified atom stereocenters. The maximum Gasteiger partial charge on any atom is 0.252 e. The number of fused-ring (bicyclic) bond motifs is 10. The Morgan fingerprint density at radius 1 is 0.296 bits per heavy atom. The van der Waals surface area contributed by atoms with Crippen molar-refractivity contribution in [3.63, 3.8) is 0 Å². The lowest BCUT2D eigenvalue weighted by Crippen LogP contribution is -2.61. The van der Waals surface area contributed by atoms with E-state index in [4.69, 9.17) is 0 Å². The van der Waals surface area contributed by atoms with E-state index >= 15 is 0 Å². The highest BCUT2D eigenvalue weighted by atomic mass is 15.2. The fraction of sp³-hybridized carbons (Fsp3) is 0.161. The van der Waals surface area contributed by atoms with Crippen LogP contribution in [0.3, 0.4) is 0 Å². The quantitative estimate of drug-likeness (QED) is 0.120. The number of hydrogen-bond acceptors (Lipinski definition) is 2. The molecule has 0 N–H and O–H groups in total. The summed E-state index contributed by atoms with van der Waals surface area (Å²) in [5.74, 6) is 0. The molecule has 476 valence electrons. The van der Waals surface area contributed by atoms with Crippen molar-refractivity contribution in [1.82, 2.24) is 9.13 Å². The number of rotatable bonds is 11. The van der Waals surface area contributed by atoms with Crippen molar-refractivity contribution < 1.29 is 2.74 Å². The van der Waals surface area contributed by atoms with Crippen LogP contribution in [0.15, 0.2) is 291 Å². The normalized spacial score (nSPS) is 13.5. The molecule has 0 fully saturated rings. The van der Waals surface area contributed by atoms with E-state index in [0.717, 1.165) is 130 Å². The molecule has 17 rings (SSSR count). The minimum absolute atomic E-state index is 0.0463. The molecular weight excluding hydrogens is 1180 g/mol. The molecule has 0 radical (unpaired) electrons. The van der Waals surface area contributed by atoms with Crippen LogP contribution in [-0.4, -0.2) is 15.8 Å². The molecule has 2 aromatic heterocycles. The Labute approximate surface area is 580 Å². The van der Waals surface area contributed by atoms with E-state index in [1.54, 1.807) is 0 Å². The minimum atomic E-state index is -1.86. The first-order chi connectivity index (χ1) is 48.3. The van der Waals surface area contributed by atoms with Crippen molar-refractivity contribution in [3.05, 3.63) is 308 Å². The average Bonchev–Trinajstić information content (AvgIpc) is 0.907. The zero-order chi connectivity index (χ0) is 68.6. The third-order valence-electron chi connectivity index (χ3n) is 19.9. The Hall–Kier alpha value is -10.9. The van der Waals surface area contributed by atoms with Gasteiger partial charge in [-0.2, -0.15) is 0 Å². The third-order valence-corrected chi connectivity index (χ3v) is 19.9. The average molecular weight is 1270 g/mol. The van der Waals surface area contributed by atoms with E-state index in [9.17, 15) is 2.74 Å². The van der Waals surface area contributed by atoms with Gasteiger partial charge in [-0.1, -0.05) is 269 Å². The molecule has 0 spiro atoms. The van der Waals surface area contributed by atoms with Gasteiger partial charge in [0, 0.05) is 69.5 Å². The van der Waals surface area contributed by atoms with Crippen LogP contribution in [0.2, 0.25) is 0 Å². The lowest BCUT2D eigenvalue weighted by Gasteiger charge is -2.46. The highest BCUT2D eigenvalue weighted by Gasteiger charge is 2.45. The summed E-state index contributed by atoms with van der Waals surface area (Å²) in [5.41, 5.74) is 27.2. The molecule has 0 saturated heterocycles. The zero-order valence-electron chi connectivity index (χ0n) is 59.5. The van der Waals surface area contributed by atoms with Gasteiger partial charge in [-0.25, -0.2) is 0 Å². The molecule has 15 aromatic rings. The van der Waals surface area contributed by atoms with Crippen LogP contribution >= 0.6 is 0 Å². The van der Waals surface area contributed by atoms with Crippen molar-refractivity contribution in [2.24, 2.45) is 16.2 Å². The summed E-state index contributed by atoms with van der Waals surface area (Å²) in [7, 11) is 0. The summed E-state index contributed by atoms with van der Waals surface area (Å²) in [6, 6.07) is 108. The Balaban J connectivity index is 1.06. The largest absolute Gasteiger partial charge is 0.311 e. The molecule has 13 aromatic carbocycles. The van der Waals surface area contributed by atoms with Gasteiger partial charge in [-0.3, -0.25) is 0 Å². The van der Waals surface area contributed by atoms with Crippen LogP contribution < -0.4 is 26.2 Å². The Bertz CT molecular complexity index is 5270. The molecule has 98 heavy (non-hydrogen) atoms. The van der Waals surface area contributed by atoms with Crippen molar-refractivity contribution in [2.75, 3.05) is 9.80 Å². The number of benzene rings is 13. The van der Waals surface area contributed by atoms with Crippen LogP contribution in [0.1, 0.15) is 81.7 Å². The van der Waals surface area contributed by atoms with E-state index in [0.29, 0.717) is 5.56 Å². The number of nitrogens with zero attached hydrogens (tertiary/aromatic N) is 4. The second-order valence-corrected chi connectivity index (χ2v) is 30.6. The van der Waals surface area contributed by atoms with Gasteiger partial charge in [0.25, 0.3) is 6.71 Å². The van der Waals surface area contributed by atoms with E-state index in [2.05, 4.69) is 372 Å². The molecule has 2 aliphatic rings. The van der Waals surface area contributed by atoms with Crippen LogP contribution in [-0.2, 0) is 19.2 Å². The smallest absolute Gasteiger partial charge is 0.252 e. The number of aromatic nitrogens is 2. The van der Waals surface area contributed by atoms with Crippen molar-refractivity contribution in [2.45, 2.75) is 81.5 Å². The third kappa shape index (κ3) is 10.6. The fourth-order valence-corrected chi connectivity index (χ4v) is 16.2. The number of hydrogen-bond donors (Lipinski definition) is 0. The summed E-state index contributed by atoms with van der Waals surface area (Å²) in [6.45, 7) is 19.9. The highest BCUT2D eigenvalue weighted by molar-refractivity contribution is 7.00. The molecule has 4 heterocycles. The Kier molecular flexibility index (Phi) is 14.0. The van der Waals surface area contributed by atoms with Gasteiger partial charge in [-0.15, -0.1) is 0 Å². The molecular formula is C93H81BN4. The molecule has 0 bridgehead atoms. The minimum Gasteiger partial charge on any atom is -0.311 e. The van der Waals surface area contributed by atoms with Crippen LogP contribution in [0.4, 0.5) is 34.1 Å². The van der Waals surface area contributed by atoms with Gasteiger partial charge in [0.2, 0.25) is 0 Å². The number of anilines is 6. The van der Waals surface area contributed by atoms with Gasteiger partial charge in [0.15, 0.2) is 0 Å². The fourth-order valence-electron chi connectivity index (χ4n) is 16.2. The molecule has 0 amide bonds. The van der Waals surface area contributed by atoms with Crippen LogP contribution in [0.25, 0.3) is 99.5 Å². The summed E-state index contributed by atoms with van der Waals surface area (Å²) < 4.78 is 26.4. The van der Waals surface area contributed by atoms with Crippen LogP contribution in [0.5, 0.6) is 0 Å². The first kappa shape index (κ1) is 58.5. The highest BCUT2D eigenvalue weighted by Crippen LogP contribution is 2.53. The van der Waals surface area contributed by atoms with Crippen LogP contribution in [0, 0.1) is 16.2 Å². The molecule has 0 saturated carbocycles. The van der Waals surface area contributed by atoms with Gasteiger partial charge in [0.05, 0.1) is 33.4 Å². The maximum absolute atomic E-state index is 10.8. The Morgan fingerprint density at radius 2 is 0.612 bits per heavy atom.